The molecule has 0 saturated heterocycles. The zero-order chi connectivity index (χ0) is 11.8. The van der Waals surface area contributed by atoms with Crippen molar-refractivity contribution in [3.8, 4) is 10.4 Å². The molecule has 0 amide bonds. The van der Waals surface area contributed by atoms with Crippen molar-refractivity contribution >= 4 is 22.9 Å². The van der Waals surface area contributed by atoms with E-state index in [-0.39, 0.29) is 10.8 Å². The average molecular weight is 268 g/mol. The van der Waals surface area contributed by atoms with Gasteiger partial charge in [0.05, 0.1) is 5.02 Å². The Morgan fingerprint density at radius 3 is 2.94 bits per heavy atom. The van der Waals surface area contributed by atoms with Gasteiger partial charge < -0.3 is 5.32 Å². The van der Waals surface area contributed by atoms with Gasteiger partial charge in [-0.1, -0.05) is 17.7 Å². The van der Waals surface area contributed by atoms with Crippen LogP contribution in [0, 0.1) is 5.82 Å². The third-order valence-electron chi connectivity index (χ3n) is 2.95. The van der Waals surface area contributed by atoms with Gasteiger partial charge in [0, 0.05) is 22.8 Å². The lowest BCUT2D eigenvalue weighted by Gasteiger charge is -2.10. The molecule has 1 N–H and O–H groups in total. The van der Waals surface area contributed by atoms with Crippen molar-refractivity contribution in [2.45, 2.75) is 13.0 Å². The normalized spacial score (nSPS) is 14.7. The first kappa shape index (κ1) is 11.2. The molecule has 2 aromatic rings. The van der Waals surface area contributed by atoms with E-state index in [1.54, 1.807) is 23.5 Å². The lowest BCUT2D eigenvalue weighted by Crippen LogP contribution is -2.21. The summed E-state index contributed by atoms with van der Waals surface area (Å²) in [5.74, 6) is -0.363. The van der Waals surface area contributed by atoms with Crippen LogP contribution in [0.15, 0.2) is 24.3 Å². The molecule has 0 bridgehead atoms. The summed E-state index contributed by atoms with van der Waals surface area (Å²) in [6.45, 7) is 1.97. The highest BCUT2D eigenvalue weighted by atomic mass is 35.5. The number of hydrogen-bond donors (Lipinski definition) is 1. The summed E-state index contributed by atoms with van der Waals surface area (Å²) in [5.41, 5.74) is 2.35. The predicted octanol–water partition coefficient (Wildman–Crippen LogP) is 3.85. The number of halogens is 2. The van der Waals surface area contributed by atoms with E-state index in [0.717, 1.165) is 25.1 Å². The molecule has 17 heavy (non-hydrogen) atoms. The number of nitrogens with one attached hydrogen (secondary N) is 1. The second kappa shape index (κ2) is 4.41. The van der Waals surface area contributed by atoms with Crippen LogP contribution in [0.3, 0.4) is 0 Å². The predicted molar refractivity (Wildman–Crippen MR) is 70.1 cm³/mol. The van der Waals surface area contributed by atoms with Gasteiger partial charge in [0.25, 0.3) is 0 Å². The van der Waals surface area contributed by atoms with Crippen LogP contribution < -0.4 is 5.32 Å². The molecule has 1 nitrogen and oxygen atoms in total. The number of thiophene rings is 1. The van der Waals surface area contributed by atoms with Crippen molar-refractivity contribution in [3.05, 3.63) is 45.5 Å². The molecule has 1 aliphatic heterocycles. The minimum absolute atomic E-state index is 0.187. The first-order valence-electron chi connectivity index (χ1n) is 5.52. The smallest absolute Gasteiger partial charge is 0.141 e. The average Bonchev–Trinajstić information content (AvgIpc) is 2.76. The minimum atomic E-state index is -0.363. The Balaban J connectivity index is 2.03. The molecule has 0 radical (unpaired) electrons. The zero-order valence-corrected chi connectivity index (χ0v) is 10.7. The van der Waals surface area contributed by atoms with Crippen LogP contribution in [0.1, 0.15) is 10.4 Å². The number of benzene rings is 1. The van der Waals surface area contributed by atoms with Gasteiger partial charge in [-0.15, -0.1) is 11.3 Å². The van der Waals surface area contributed by atoms with Gasteiger partial charge in [0.15, 0.2) is 0 Å². The van der Waals surface area contributed by atoms with Crippen LogP contribution in [-0.2, 0) is 13.0 Å². The number of hydrogen-bond acceptors (Lipinski definition) is 2. The summed E-state index contributed by atoms with van der Waals surface area (Å²) in [6.07, 6.45) is 1.08. The lowest BCUT2D eigenvalue weighted by atomic mass is 10.1. The molecule has 0 atom stereocenters. The third-order valence-corrected chi connectivity index (χ3v) is 4.52. The van der Waals surface area contributed by atoms with Crippen molar-refractivity contribution in [3.63, 3.8) is 0 Å². The highest BCUT2D eigenvalue weighted by Gasteiger charge is 2.14. The van der Waals surface area contributed by atoms with Crippen molar-refractivity contribution in [2.75, 3.05) is 6.54 Å². The molecular weight excluding hydrogens is 257 g/mol. The van der Waals surface area contributed by atoms with E-state index >= 15 is 0 Å². The fourth-order valence-corrected chi connectivity index (χ4v) is 3.40. The summed E-state index contributed by atoms with van der Waals surface area (Å²) in [6, 6.07) is 7.08. The van der Waals surface area contributed by atoms with Crippen molar-refractivity contribution < 1.29 is 4.39 Å². The van der Waals surface area contributed by atoms with Crippen molar-refractivity contribution in [1.82, 2.24) is 5.32 Å². The lowest BCUT2D eigenvalue weighted by molar-refractivity contribution is 0.628. The fourth-order valence-electron chi connectivity index (χ4n) is 2.04. The molecule has 0 aliphatic carbocycles. The zero-order valence-electron chi connectivity index (χ0n) is 9.09. The van der Waals surface area contributed by atoms with Crippen LogP contribution >= 0.6 is 22.9 Å². The maximum absolute atomic E-state index is 13.1. The number of rotatable bonds is 1. The largest absolute Gasteiger partial charge is 0.312 e. The van der Waals surface area contributed by atoms with Gasteiger partial charge >= 0.3 is 0 Å². The van der Waals surface area contributed by atoms with Gasteiger partial charge in [-0.05, 0) is 35.7 Å². The Hall–Kier alpha value is -0.900. The van der Waals surface area contributed by atoms with Crippen LogP contribution in [0.4, 0.5) is 4.39 Å². The van der Waals surface area contributed by atoms with Crippen LogP contribution in [0.5, 0.6) is 0 Å². The first-order chi connectivity index (χ1) is 8.24. The first-order valence-corrected chi connectivity index (χ1v) is 6.71. The minimum Gasteiger partial charge on any atom is -0.312 e. The molecule has 88 valence electrons. The maximum atomic E-state index is 13.1. The Morgan fingerprint density at radius 2 is 2.18 bits per heavy atom. The molecular formula is C13H11ClFNS. The summed E-state index contributed by atoms with van der Waals surface area (Å²) < 4.78 is 13.1. The summed E-state index contributed by atoms with van der Waals surface area (Å²) in [7, 11) is 0. The Kier molecular flexibility index (Phi) is 2.90. The second-order valence-corrected chi connectivity index (χ2v) is 5.66. The maximum Gasteiger partial charge on any atom is 0.141 e. The van der Waals surface area contributed by atoms with Crippen LogP contribution in [0.25, 0.3) is 10.4 Å². The SMILES string of the molecule is Fc1ccc(-c2cc3c(s2)CCNC3)cc1Cl. The van der Waals surface area contributed by atoms with E-state index in [0.29, 0.717) is 0 Å². The second-order valence-electron chi connectivity index (χ2n) is 4.11. The summed E-state index contributed by atoms with van der Waals surface area (Å²) >= 11 is 7.59. The highest BCUT2D eigenvalue weighted by Crippen LogP contribution is 2.34. The van der Waals surface area contributed by atoms with E-state index in [1.807, 2.05) is 0 Å². The molecule has 0 saturated carbocycles. The third kappa shape index (κ3) is 2.10. The van der Waals surface area contributed by atoms with Gasteiger partial charge in [0.1, 0.15) is 5.82 Å². The Morgan fingerprint density at radius 1 is 1.29 bits per heavy atom. The molecule has 1 aromatic carbocycles. The van der Waals surface area contributed by atoms with Crippen molar-refractivity contribution in [2.24, 2.45) is 0 Å². The van der Waals surface area contributed by atoms with Crippen LogP contribution in [-0.4, -0.2) is 6.54 Å². The highest BCUT2D eigenvalue weighted by molar-refractivity contribution is 7.15. The monoisotopic (exact) mass is 267 g/mol. The summed E-state index contributed by atoms with van der Waals surface area (Å²) in [5, 5.41) is 3.53. The fraction of sp³-hybridized carbons (Fsp3) is 0.231. The topological polar surface area (TPSA) is 12.0 Å². The molecule has 0 unspecified atom stereocenters. The molecule has 0 fully saturated rings. The molecule has 4 heteroatoms. The van der Waals surface area contributed by atoms with Gasteiger partial charge in [-0.25, -0.2) is 4.39 Å². The van der Waals surface area contributed by atoms with Crippen molar-refractivity contribution in [1.29, 1.82) is 0 Å². The van der Waals surface area contributed by atoms with Gasteiger partial charge in [0.2, 0.25) is 0 Å². The Labute approximate surface area is 108 Å². The van der Waals surface area contributed by atoms with E-state index in [2.05, 4.69) is 11.4 Å². The molecule has 3 rings (SSSR count). The quantitative estimate of drug-likeness (QED) is 0.827. The van der Waals surface area contributed by atoms with Gasteiger partial charge in [-0.3, -0.25) is 0 Å². The summed E-state index contributed by atoms with van der Waals surface area (Å²) in [4.78, 5) is 2.60. The molecule has 0 spiro atoms. The van der Waals surface area contributed by atoms with E-state index in [9.17, 15) is 4.39 Å². The van der Waals surface area contributed by atoms with E-state index < -0.39 is 0 Å². The molecule has 1 aliphatic rings. The van der Waals surface area contributed by atoms with Crippen LogP contribution in [0.2, 0.25) is 5.02 Å². The van der Waals surface area contributed by atoms with Gasteiger partial charge in [-0.2, -0.15) is 0 Å². The van der Waals surface area contributed by atoms with E-state index in [4.69, 9.17) is 11.6 Å². The molecule has 1 aromatic heterocycles. The standard InChI is InChI=1S/C13H11ClFNS/c14-10-5-8(1-2-11(10)15)13-6-9-7-16-4-3-12(9)17-13/h1-2,5-6,16H,3-4,7H2. The Bertz CT molecular complexity index is 541. The molecule has 2 heterocycles. The van der Waals surface area contributed by atoms with E-state index in [1.165, 1.54) is 21.4 Å². The number of fused-ring (bicyclic) bond motifs is 1.